The number of aromatic nitrogens is 4. The number of halogens is 2. The molecule has 0 bridgehead atoms. The second-order valence-electron chi connectivity index (χ2n) is 3.83. The Hall–Kier alpha value is -2.09. The molecule has 19 heavy (non-hydrogen) atoms. The van der Waals surface area contributed by atoms with E-state index in [0.29, 0.717) is 30.6 Å². The van der Waals surface area contributed by atoms with Crippen molar-refractivity contribution < 1.29 is 8.78 Å². The van der Waals surface area contributed by atoms with Gasteiger partial charge in [-0.25, -0.2) is 24.6 Å². The van der Waals surface area contributed by atoms with Crippen molar-refractivity contribution in [2.45, 2.75) is 26.7 Å². The molecule has 0 aliphatic heterocycles. The summed E-state index contributed by atoms with van der Waals surface area (Å²) in [6.45, 7) is 3.75. The van der Waals surface area contributed by atoms with E-state index in [4.69, 9.17) is 5.84 Å². The van der Waals surface area contributed by atoms with Gasteiger partial charge < -0.3 is 5.43 Å². The van der Waals surface area contributed by atoms with Gasteiger partial charge in [0, 0.05) is 18.9 Å². The number of hydrazine groups is 1. The first-order valence-corrected chi connectivity index (χ1v) is 5.88. The summed E-state index contributed by atoms with van der Waals surface area (Å²) in [7, 11) is 0. The molecule has 0 aliphatic carbocycles. The molecule has 0 fully saturated rings. The minimum atomic E-state index is -0.863. The quantitative estimate of drug-likeness (QED) is 0.646. The zero-order valence-electron chi connectivity index (χ0n) is 10.6. The first kappa shape index (κ1) is 13.3. The zero-order chi connectivity index (χ0) is 14.0. The van der Waals surface area contributed by atoms with E-state index in [1.54, 1.807) is 0 Å². The van der Waals surface area contributed by atoms with Gasteiger partial charge in [0.2, 0.25) is 0 Å². The van der Waals surface area contributed by atoms with Crippen molar-refractivity contribution in [3.63, 3.8) is 0 Å². The molecule has 2 heterocycles. The van der Waals surface area contributed by atoms with E-state index in [1.165, 1.54) is 4.68 Å². The van der Waals surface area contributed by atoms with Gasteiger partial charge in [0.05, 0.1) is 0 Å². The Morgan fingerprint density at radius 3 is 2.53 bits per heavy atom. The second kappa shape index (κ2) is 5.27. The molecule has 0 aromatic carbocycles. The molecule has 0 unspecified atom stereocenters. The average Bonchev–Trinajstić information content (AvgIpc) is 2.82. The number of nitrogens with one attached hydrogen (secondary N) is 1. The van der Waals surface area contributed by atoms with Gasteiger partial charge in [-0.05, 0) is 0 Å². The predicted molar refractivity (Wildman–Crippen MR) is 65.6 cm³/mol. The smallest absolute Gasteiger partial charge is 0.193 e. The molecule has 8 heteroatoms. The first-order valence-electron chi connectivity index (χ1n) is 5.88. The Labute approximate surface area is 108 Å². The lowest BCUT2D eigenvalue weighted by Crippen LogP contribution is -2.15. The fraction of sp³-hybridized carbons (Fsp3) is 0.364. The summed E-state index contributed by atoms with van der Waals surface area (Å²) in [5.74, 6) is 4.20. The molecule has 2 rings (SSSR count). The van der Waals surface area contributed by atoms with Crippen molar-refractivity contribution in [1.82, 2.24) is 19.7 Å². The summed E-state index contributed by atoms with van der Waals surface area (Å²) < 4.78 is 28.4. The Bertz CT molecular complexity index is 595. The third kappa shape index (κ3) is 2.39. The van der Waals surface area contributed by atoms with Crippen LogP contribution in [0, 0.1) is 11.6 Å². The lowest BCUT2D eigenvalue weighted by molar-refractivity contribution is 0.559. The molecule has 0 radical (unpaired) electrons. The van der Waals surface area contributed by atoms with E-state index < -0.39 is 11.6 Å². The second-order valence-corrected chi connectivity index (χ2v) is 3.83. The van der Waals surface area contributed by atoms with Gasteiger partial charge in [-0.1, -0.05) is 13.8 Å². The van der Waals surface area contributed by atoms with E-state index in [9.17, 15) is 8.78 Å². The average molecular weight is 268 g/mol. The number of nitrogens with zero attached hydrogens (tertiary/aromatic N) is 4. The van der Waals surface area contributed by atoms with Crippen molar-refractivity contribution in [1.29, 1.82) is 0 Å². The van der Waals surface area contributed by atoms with Crippen LogP contribution in [0.15, 0.2) is 6.07 Å². The number of anilines is 1. The highest BCUT2D eigenvalue weighted by molar-refractivity contribution is 5.41. The zero-order valence-corrected chi connectivity index (χ0v) is 10.6. The minimum absolute atomic E-state index is 0.126. The molecule has 0 aliphatic rings. The molecule has 0 amide bonds. The van der Waals surface area contributed by atoms with Crippen LogP contribution in [-0.2, 0) is 12.8 Å². The molecule has 2 aromatic rings. The first-order chi connectivity index (χ1) is 9.10. The molecule has 6 nitrogen and oxygen atoms in total. The highest BCUT2D eigenvalue weighted by Crippen LogP contribution is 2.18. The molecule has 0 saturated carbocycles. The number of nitrogen functional groups attached to an aromatic ring is 1. The molecular formula is C11H14F2N6. The van der Waals surface area contributed by atoms with E-state index in [1.807, 2.05) is 13.8 Å². The monoisotopic (exact) mass is 268 g/mol. The van der Waals surface area contributed by atoms with Gasteiger partial charge in [-0.15, -0.1) is 5.10 Å². The standard InChI is InChI=1S/C11H14F2N6/c1-3-8-15-9(4-2)19(18-8)11-7(13)5-6(12)10(16-11)17-14/h5H,3-4,14H2,1-2H3,(H,16,17). The maximum atomic E-state index is 13.8. The van der Waals surface area contributed by atoms with Gasteiger partial charge in [0.15, 0.2) is 29.1 Å². The molecule has 0 saturated heterocycles. The third-order valence-electron chi connectivity index (χ3n) is 2.60. The van der Waals surface area contributed by atoms with Crippen LogP contribution >= 0.6 is 0 Å². The molecule has 102 valence electrons. The maximum absolute atomic E-state index is 13.8. The lowest BCUT2D eigenvalue weighted by Gasteiger charge is -2.08. The summed E-state index contributed by atoms with van der Waals surface area (Å²) in [5, 5.41) is 4.15. The topological polar surface area (TPSA) is 81.7 Å². The molecule has 2 aromatic heterocycles. The summed E-state index contributed by atoms with van der Waals surface area (Å²) in [6.07, 6.45) is 1.17. The Morgan fingerprint density at radius 1 is 1.21 bits per heavy atom. The fourth-order valence-electron chi connectivity index (χ4n) is 1.65. The number of hydrogen-bond acceptors (Lipinski definition) is 5. The van der Waals surface area contributed by atoms with Crippen molar-refractivity contribution >= 4 is 5.82 Å². The van der Waals surface area contributed by atoms with Crippen LogP contribution in [0.4, 0.5) is 14.6 Å². The molecule has 3 N–H and O–H groups in total. The van der Waals surface area contributed by atoms with Crippen molar-refractivity contribution in [2.75, 3.05) is 5.43 Å². The van der Waals surface area contributed by atoms with Crippen LogP contribution in [0.25, 0.3) is 5.82 Å². The highest BCUT2D eigenvalue weighted by Gasteiger charge is 2.17. The largest absolute Gasteiger partial charge is 0.306 e. The normalized spacial score (nSPS) is 10.8. The summed E-state index contributed by atoms with van der Waals surface area (Å²) in [6, 6.07) is 0.713. The van der Waals surface area contributed by atoms with Crippen LogP contribution in [0.2, 0.25) is 0 Å². The molecule has 0 spiro atoms. The number of rotatable bonds is 4. The van der Waals surface area contributed by atoms with E-state index in [2.05, 4.69) is 20.5 Å². The Morgan fingerprint density at radius 2 is 1.95 bits per heavy atom. The number of aryl methyl sites for hydroxylation is 2. The molecule has 0 atom stereocenters. The van der Waals surface area contributed by atoms with Crippen LogP contribution in [0.5, 0.6) is 0 Å². The predicted octanol–water partition coefficient (Wildman–Crippen LogP) is 1.35. The van der Waals surface area contributed by atoms with Crippen molar-refractivity contribution in [3.05, 3.63) is 29.3 Å². The van der Waals surface area contributed by atoms with Gasteiger partial charge in [0.25, 0.3) is 0 Å². The summed E-state index contributed by atoms with van der Waals surface area (Å²) in [5.41, 5.74) is 2.08. The Kier molecular flexibility index (Phi) is 3.70. The minimum Gasteiger partial charge on any atom is -0.306 e. The van der Waals surface area contributed by atoms with Gasteiger partial charge >= 0.3 is 0 Å². The van der Waals surface area contributed by atoms with E-state index >= 15 is 0 Å². The van der Waals surface area contributed by atoms with E-state index in [-0.39, 0.29) is 11.6 Å². The Balaban J connectivity index is 2.60. The van der Waals surface area contributed by atoms with Gasteiger partial charge in [-0.2, -0.15) is 4.68 Å². The lowest BCUT2D eigenvalue weighted by atomic mass is 10.4. The number of pyridine rings is 1. The van der Waals surface area contributed by atoms with E-state index in [0.717, 1.165) is 0 Å². The van der Waals surface area contributed by atoms with Crippen molar-refractivity contribution in [2.24, 2.45) is 5.84 Å². The van der Waals surface area contributed by atoms with Crippen LogP contribution in [0.3, 0.4) is 0 Å². The highest BCUT2D eigenvalue weighted by atomic mass is 19.1. The van der Waals surface area contributed by atoms with Gasteiger partial charge in [0.1, 0.15) is 5.82 Å². The SMILES string of the molecule is CCc1nc(CC)n(-c2nc(NN)c(F)cc2F)n1. The maximum Gasteiger partial charge on any atom is 0.193 e. The van der Waals surface area contributed by atoms with Crippen molar-refractivity contribution in [3.8, 4) is 5.82 Å². The van der Waals surface area contributed by atoms with Gasteiger partial charge in [-0.3, -0.25) is 0 Å². The fourth-order valence-corrected chi connectivity index (χ4v) is 1.65. The summed E-state index contributed by atoms with van der Waals surface area (Å²) >= 11 is 0. The third-order valence-corrected chi connectivity index (χ3v) is 2.60. The summed E-state index contributed by atoms with van der Waals surface area (Å²) in [4.78, 5) is 8.03. The van der Waals surface area contributed by atoms with Crippen LogP contribution < -0.4 is 11.3 Å². The number of hydrogen-bond donors (Lipinski definition) is 2. The van der Waals surface area contributed by atoms with Crippen LogP contribution in [-0.4, -0.2) is 19.7 Å². The van der Waals surface area contributed by atoms with Crippen LogP contribution in [0.1, 0.15) is 25.5 Å². The molecular weight excluding hydrogens is 254 g/mol. The number of nitrogens with two attached hydrogens (primary N) is 1.